The Morgan fingerprint density at radius 3 is 3.45 bits per heavy atom. The zero-order valence-electron chi connectivity index (χ0n) is 6.70. The van der Waals surface area contributed by atoms with Gasteiger partial charge in [0, 0.05) is 5.72 Å². The maximum atomic E-state index is 3.74. The van der Waals surface area contributed by atoms with Gasteiger partial charge in [-0.05, 0) is 0 Å². The van der Waals surface area contributed by atoms with E-state index < -0.39 is 0 Å². The Morgan fingerprint density at radius 2 is 2.73 bits per heavy atom. The Balaban J connectivity index is 2.44. The summed E-state index contributed by atoms with van der Waals surface area (Å²) in [5.41, 5.74) is 1.26. The molecular formula is C8H11BN2. The van der Waals surface area contributed by atoms with E-state index in [4.69, 9.17) is 0 Å². The SMILES string of the molecule is C=Cn1cc[n+]2c1[B-]C(C)C2. The predicted molar refractivity (Wildman–Crippen MR) is 45.8 cm³/mol. The maximum absolute atomic E-state index is 3.74. The van der Waals surface area contributed by atoms with Crippen LogP contribution >= 0.6 is 0 Å². The highest BCUT2D eigenvalue weighted by Gasteiger charge is 2.13. The molecule has 2 rings (SSSR count). The normalized spacial score (nSPS) is 21.7. The summed E-state index contributed by atoms with van der Waals surface area (Å²) in [5.74, 6) is 0.664. The Bertz CT molecular complexity index is 290. The maximum Gasteiger partial charge on any atom is 0.130 e. The standard InChI is InChI=1S/C8H11BN2/c1-3-10-4-5-11-6-7(2)9-8(10)11/h3-5,7H,1,6H2,2H3. The third kappa shape index (κ3) is 0.915. The van der Waals surface area contributed by atoms with E-state index in [1.165, 1.54) is 5.72 Å². The lowest BCUT2D eigenvalue weighted by molar-refractivity contribution is -0.672. The number of hydrogen-bond acceptors (Lipinski definition) is 0. The summed E-state index contributed by atoms with van der Waals surface area (Å²) in [4.78, 5) is 0. The highest BCUT2D eigenvalue weighted by molar-refractivity contribution is 6.52. The first-order chi connectivity index (χ1) is 5.31. The van der Waals surface area contributed by atoms with E-state index in [-0.39, 0.29) is 0 Å². The van der Waals surface area contributed by atoms with Crippen molar-refractivity contribution in [2.45, 2.75) is 19.3 Å². The lowest BCUT2D eigenvalue weighted by atomic mass is 9.67. The van der Waals surface area contributed by atoms with Crippen LogP contribution in [0.25, 0.3) is 6.20 Å². The van der Waals surface area contributed by atoms with Crippen molar-refractivity contribution in [3.63, 3.8) is 0 Å². The van der Waals surface area contributed by atoms with Crippen LogP contribution in [0.15, 0.2) is 19.0 Å². The highest BCUT2D eigenvalue weighted by Crippen LogP contribution is 2.05. The van der Waals surface area contributed by atoms with Gasteiger partial charge in [-0.2, -0.15) is 13.1 Å². The summed E-state index contributed by atoms with van der Waals surface area (Å²) < 4.78 is 4.29. The number of nitrogens with zero attached hydrogens (tertiary/aromatic N) is 2. The van der Waals surface area contributed by atoms with Crippen molar-refractivity contribution in [3.05, 3.63) is 19.0 Å². The van der Waals surface area contributed by atoms with Gasteiger partial charge in [0.25, 0.3) is 0 Å². The van der Waals surface area contributed by atoms with Gasteiger partial charge in [-0.1, -0.05) is 13.5 Å². The van der Waals surface area contributed by atoms with Crippen LogP contribution in [0, 0.1) is 0 Å². The molecule has 1 aromatic heterocycles. The summed E-state index contributed by atoms with van der Waals surface area (Å²) in [5, 5.41) is 0. The molecule has 1 unspecified atom stereocenters. The van der Waals surface area contributed by atoms with Gasteiger partial charge >= 0.3 is 0 Å². The molecular weight excluding hydrogens is 135 g/mol. The topological polar surface area (TPSA) is 8.81 Å². The van der Waals surface area contributed by atoms with Gasteiger partial charge in [0.1, 0.15) is 12.4 Å². The molecule has 0 aromatic carbocycles. The quantitative estimate of drug-likeness (QED) is 0.390. The molecule has 0 spiro atoms. The summed E-state index contributed by atoms with van der Waals surface area (Å²) >= 11 is 0. The van der Waals surface area contributed by atoms with Crippen molar-refractivity contribution in [2.75, 3.05) is 0 Å². The van der Waals surface area contributed by atoms with Crippen molar-refractivity contribution in [3.8, 4) is 0 Å². The van der Waals surface area contributed by atoms with Crippen LogP contribution in [0.1, 0.15) is 6.92 Å². The van der Waals surface area contributed by atoms with Crippen LogP contribution in [0.4, 0.5) is 0 Å². The van der Waals surface area contributed by atoms with E-state index in [1.54, 1.807) is 0 Å². The Hall–Kier alpha value is -0.985. The first-order valence-corrected chi connectivity index (χ1v) is 3.89. The van der Waals surface area contributed by atoms with E-state index in [9.17, 15) is 0 Å². The molecule has 0 N–H and O–H groups in total. The molecule has 0 bridgehead atoms. The fraction of sp³-hybridized carbons (Fsp3) is 0.375. The molecule has 0 saturated carbocycles. The van der Waals surface area contributed by atoms with Crippen LogP contribution in [-0.2, 0) is 6.54 Å². The second-order valence-corrected chi connectivity index (χ2v) is 3.04. The first-order valence-electron chi connectivity index (χ1n) is 3.89. The summed E-state index contributed by atoms with van der Waals surface area (Å²) in [7, 11) is 2.27. The van der Waals surface area contributed by atoms with Crippen LogP contribution in [0.2, 0.25) is 5.82 Å². The van der Waals surface area contributed by atoms with Gasteiger partial charge in [-0.25, -0.2) is 0 Å². The first kappa shape index (κ1) is 6.71. The molecule has 1 aromatic rings. The average Bonchev–Trinajstić information content (AvgIpc) is 2.45. The molecule has 2 heterocycles. The molecule has 0 fully saturated rings. The third-order valence-corrected chi connectivity index (χ3v) is 2.08. The molecule has 1 aliphatic rings. The van der Waals surface area contributed by atoms with Gasteiger partial charge in [0.05, 0.1) is 12.7 Å². The Morgan fingerprint density at radius 1 is 1.91 bits per heavy atom. The molecule has 0 saturated heterocycles. The third-order valence-electron chi connectivity index (χ3n) is 2.08. The van der Waals surface area contributed by atoms with Gasteiger partial charge in [0.2, 0.25) is 0 Å². The molecule has 1 atom stereocenters. The monoisotopic (exact) mass is 146 g/mol. The van der Waals surface area contributed by atoms with E-state index in [0.717, 1.165) is 6.54 Å². The smallest absolute Gasteiger partial charge is 0.130 e. The molecule has 0 aliphatic carbocycles. The molecule has 0 amide bonds. The summed E-state index contributed by atoms with van der Waals surface area (Å²) in [6, 6.07) is 0. The van der Waals surface area contributed by atoms with Crippen LogP contribution < -0.4 is 10.3 Å². The van der Waals surface area contributed by atoms with Crippen molar-refractivity contribution in [2.24, 2.45) is 0 Å². The molecule has 2 radical (unpaired) electrons. The number of rotatable bonds is 1. The Kier molecular flexibility index (Phi) is 1.38. The lowest BCUT2D eigenvalue weighted by Crippen LogP contribution is -2.44. The zero-order chi connectivity index (χ0) is 7.84. The van der Waals surface area contributed by atoms with E-state index in [2.05, 4.69) is 31.5 Å². The largest absolute Gasteiger partial charge is 0.280 e. The molecule has 2 nitrogen and oxygen atoms in total. The van der Waals surface area contributed by atoms with E-state index in [0.29, 0.717) is 5.82 Å². The Labute approximate surface area is 67.4 Å². The van der Waals surface area contributed by atoms with Crippen molar-refractivity contribution in [1.29, 1.82) is 0 Å². The lowest BCUT2D eigenvalue weighted by Gasteiger charge is -2.05. The van der Waals surface area contributed by atoms with Crippen molar-refractivity contribution >= 4 is 19.2 Å². The van der Waals surface area contributed by atoms with Crippen molar-refractivity contribution in [1.82, 2.24) is 4.57 Å². The number of imidazole rings is 1. The summed E-state index contributed by atoms with van der Waals surface area (Å²) in [6.45, 7) is 7.07. The van der Waals surface area contributed by atoms with Crippen LogP contribution in [0.5, 0.6) is 0 Å². The highest BCUT2D eigenvalue weighted by atomic mass is 15.1. The average molecular weight is 146 g/mol. The predicted octanol–water partition coefficient (Wildman–Crippen LogP) is 0.0276. The van der Waals surface area contributed by atoms with Crippen LogP contribution in [-0.4, -0.2) is 11.8 Å². The minimum absolute atomic E-state index is 0.664. The molecule has 11 heavy (non-hydrogen) atoms. The van der Waals surface area contributed by atoms with Gasteiger partial charge in [0.15, 0.2) is 0 Å². The van der Waals surface area contributed by atoms with E-state index in [1.807, 2.05) is 17.0 Å². The molecule has 1 aliphatic heterocycles. The van der Waals surface area contributed by atoms with Gasteiger partial charge in [-0.15, -0.1) is 0 Å². The van der Waals surface area contributed by atoms with Gasteiger partial charge in [-0.3, -0.25) is 9.13 Å². The van der Waals surface area contributed by atoms with E-state index >= 15 is 0 Å². The van der Waals surface area contributed by atoms with Gasteiger partial charge < -0.3 is 0 Å². The fourth-order valence-corrected chi connectivity index (χ4v) is 1.56. The second-order valence-electron chi connectivity index (χ2n) is 3.04. The van der Waals surface area contributed by atoms with Crippen LogP contribution in [0.3, 0.4) is 0 Å². The summed E-state index contributed by atoms with van der Waals surface area (Å²) in [6.07, 6.45) is 5.96. The van der Waals surface area contributed by atoms with Crippen molar-refractivity contribution < 1.29 is 4.57 Å². The minimum atomic E-state index is 0.664. The number of fused-ring (bicyclic) bond motifs is 1. The number of aromatic nitrogens is 2. The fourth-order valence-electron chi connectivity index (χ4n) is 1.56. The molecule has 56 valence electrons. The molecule has 3 heteroatoms. The zero-order valence-corrected chi connectivity index (χ0v) is 6.70. The minimum Gasteiger partial charge on any atom is -0.280 e. The number of hydrogen-bond donors (Lipinski definition) is 0. The second kappa shape index (κ2) is 2.26.